The van der Waals surface area contributed by atoms with E-state index in [1.807, 2.05) is 20.8 Å². The molecule has 0 saturated carbocycles. The number of aromatic hydroxyl groups is 1. The third-order valence-corrected chi connectivity index (χ3v) is 3.00. The Kier molecular flexibility index (Phi) is 3.86. The summed E-state index contributed by atoms with van der Waals surface area (Å²) in [6.45, 7) is 6.11. The van der Waals surface area contributed by atoms with Gasteiger partial charge in [-0.1, -0.05) is 44.5 Å². The van der Waals surface area contributed by atoms with Crippen LogP contribution >= 0.6 is 11.6 Å². The Morgan fingerprint density at radius 3 is 2.60 bits per heavy atom. The maximum atomic E-state index is 12.2. The molecule has 2 aromatic rings. The molecule has 5 heteroatoms. The van der Waals surface area contributed by atoms with Crippen LogP contribution in [0.3, 0.4) is 0 Å². The van der Waals surface area contributed by atoms with Crippen LogP contribution in [0.2, 0.25) is 5.02 Å². The van der Waals surface area contributed by atoms with E-state index < -0.39 is 0 Å². The highest BCUT2D eigenvalue weighted by Crippen LogP contribution is 2.26. The molecular formula is C15H17ClN2O2. The molecule has 0 atom stereocenters. The average molecular weight is 293 g/mol. The second kappa shape index (κ2) is 5.29. The van der Waals surface area contributed by atoms with Gasteiger partial charge in [-0.3, -0.25) is 4.79 Å². The molecule has 0 aliphatic rings. The third-order valence-electron chi connectivity index (χ3n) is 2.76. The number of hydrogen-bond donors (Lipinski definition) is 2. The lowest BCUT2D eigenvalue weighted by Crippen LogP contribution is -2.18. The van der Waals surface area contributed by atoms with Crippen molar-refractivity contribution in [2.24, 2.45) is 5.41 Å². The number of halogens is 1. The van der Waals surface area contributed by atoms with Crippen molar-refractivity contribution in [3.8, 4) is 17.0 Å². The first-order chi connectivity index (χ1) is 9.26. The highest BCUT2D eigenvalue weighted by molar-refractivity contribution is 6.30. The summed E-state index contributed by atoms with van der Waals surface area (Å²) >= 11 is 5.90. The molecule has 106 valence electrons. The molecule has 0 bridgehead atoms. The summed E-state index contributed by atoms with van der Waals surface area (Å²) in [7, 11) is 0. The molecule has 0 spiro atoms. The Labute approximate surface area is 122 Å². The van der Waals surface area contributed by atoms with Crippen molar-refractivity contribution in [2.75, 3.05) is 0 Å². The zero-order valence-corrected chi connectivity index (χ0v) is 12.5. The Hall–Kier alpha value is -1.81. The number of nitrogens with one attached hydrogen (secondary N) is 1. The van der Waals surface area contributed by atoms with Crippen LogP contribution in [0.1, 0.15) is 26.6 Å². The SMILES string of the molecule is CC(C)(C)Cc1nc(O)c(-c2cccc(Cl)c2)c(=O)[nH]1. The van der Waals surface area contributed by atoms with Crippen LogP contribution in [0, 0.1) is 5.41 Å². The summed E-state index contributed by atoms with van der Waals surface area (Å²) in [4.78, 5) is 19.0. The normalized spacial score (nSPS) is 11.6. The number of aromatic amines is 1. The van der Waals surface area contributed by atoms with Gasteiger partial charge in [0.1, 0.15) is 11.4 Å². The van der Waals surface area contributed by atoms with Crippen LogP contribution in [0.4, 0.5) is 0 Å². The van der Waals surface area contributed by atoms with Crippen LogP contribution in [0.15, 0.2) is 29.1 Å². The van der Waals surface area contributed by atoms with E-state index in [0.717, 1.165) is 0 Å². The topological polar surface area (TPSA) is 66.0 Å². The fourth-order valence-corrected chi connectivity index (χ4v) is 2.19. The molecular weight excluding hydrogens is 276 g/mol. The van der Waals surface area contributed by atoms with E-state index in [4.69, 9.17) is 11.6 Å². The third kappa shape index (κ3) is 3.39. The van der Waals surface area contributed by atoms with Crippen LogP contribution in [-0.4, -0.2) is 15.1 Å². The molecule has 2 rings (SSSR count). The number of hydrogen-bond acceptors (Lipinski definition) is 3. The van der Waals surface area contributed by atoms with Crippen LogP contribution < -0.4 is 5.56 Å². The largest absolute Gasteiger partial charge is 0.493 e. The Morgan fingerprint density at radius 1 is 1.35 bits per heavy atom. The average Bonchev–Trinajstić information content (AvgIpc) is 2.25. The summed E-state index contributed by atoms with van der Waals surface area (Å²) in [5, 5.41) is 10.5. The first kappa shape index (κ1) is 14.6. The fourth-order valence-electron chi connectivity index (χ4n) is 2.00. The molecule has 0 saturated heterocycles. The fraction of sp³-hybridized carbons (Fsp3) is 0.333. The van der Waals surface area contributed by atoms with Gasteiger partial charge in [0.2, 0.25) is 5.88 Å². The Balaban J connectivity index is 2.50. The molecule has 4 nitrogen and oxygen atoms in total. The number of benzene rings is 1. The monoisotopic (exact) mass is 292 g/mol. The molecule has 1 heterocycles. The van der Waals surface area contributed by atoms with Crippen molar-refractivity contribution in [2.45, 2.75) is 27.2 Å². The molecule has 1 aromatic carbocycles. The maximum Gasteiger partial charge on any atom is 0.262 e. The van der Waals surface area contributed by atoms with Gasteiger partial charge < -0.3 is 10.1 Å². The van der Waals surface area contributed by atoms with Gasteiger partial charge in [-0.2, -0.15) is 4.98 Å². The predicted molar refractivity (Wildman–Crippen MR) is 80.1 cm³/mol. The second-order valence-corrected chi connectivity index (χ2v) is 6.40. The maximum absolute atomic E-state index is 12.2. The van der Waals surface area contributed by atoms with Crippen LogP contribution in [-0.2, 0) is 6.42 Å². The van der Waals surface area contributed by atoms with Gasteiger partial charge in [-0.05, 0) is 23.1 Å². The van der Waals surface area contributed by atoms with Crippen molar-refractivity contribution in [3.63, 3.8) is 0 Å². The quantitative estimate of drug-likeness (QED) is 0.891. The molecule has 1 aromatic heterocycles. The highest BCUT2D eigenvalue weighted by Gasteiger charge is 2.17. The van der Waals surface area contributed by atoms with E-state index in [1.165, 1.54) is 0 Å². The Morgan fingerprint density at radius 2 is 2.05 bits per heavy atom. The first-order valence-electron chi connectivity index (χ1n) is 6.34. The highest BCUT2D eigenvalue weighted by atomic mass is 35.5. The van der Waals surface area contributed by atoms with Gasteiger partial charge in [0.05, 0.1) is 0 Å². The second-order valence-electron chi connectivity index (χ2n) is 5.96. The smallest absolute Gasteiger partial charge is 0.262 e. The van der Waals surface area contributed by atoms with Crippen molar-refractivity contribution >= 4 is 11.6 Å². The molecule has 2 N–H and O–H groups in total. The zero-order valence-electron chi connectivity index (χ0n) is 11.7. The van der Waals surface area contributed by atoms with Gasteiger partial charge in [0, 0.05) is 11.4 Å². The summed E-state index contributed by atoms with van der Waals surface area (Å²) in [5.74, 6) is 0.209. The molecule has 0 unspecified atom stereocenters. The minimum absolute atomic E-state index is 0.0278. The summed E-state index contributed by atoms with van der Waals surface area (Å²) in [5.41, 5.74) is 0.301. The summed E-state index contributed by atoms with van der Waals surface area (Å²) in [6, 6.07) is 6.76. The molecule has 0 aliphatic carbocycles. The van der Waals surface area contributed by atoms with Crippen LogP contribution in [0.5, 0.6) is 5.88 Å². The molecule has 20 heavy (non-hydrogen) atoms. The number of nitrogens with zero attached hydrogens (tertiary/aromatic N) is 1. The van der Waals surface area contributed by atoms with Gasteiger partial charge in [-0.25, -0.2) is 0 Å². The van der Waals surface area contributed by atoms with Gasteiger partial charge in [0.15, 0.2) is 0 Å². The van der Waals surface area contributed by atoms with Crippen LogP contribution in [0.25, 0.3) is 11.1 Å². The number of rotatable bonds is 2. The lowest BCUT2D eigenvalue weighted by Gasteiger charge is -2.17. The minimum Gasteiger partial charge on any atom is -0.493 e. The van der Waals surface area contributed by atoms with E-state index in [-0.39, 0.29) is 22.4 Å². The van der Waals surface area contributed by atoms with E-state index in [2.05, 4.69) is 9.97 Å². The van der Waals surface area contributed by atoms with Gasteiger partial charge >= 0.3 is 0 Å². The molecule has 0 fully saturated rings. The summed E-state index contributed by atoms with van der Waals surface area (Å²) < 4.78 is 0. The van der Waals surface area contributed by atoms with Crippen molar-refractivity contribution in [1.82, 2.24) is 9.97 Å². The minimum atomic E-state index is -0.362. The van der Waals surface area contributed by atoms with E-state index in [0.29, 0.717) is 22.8 Å². The Bertz CT molecular complexity index is 687. The van der Waals surface area contributed by atoms with E-state index in [9.17, 15) is 9.90 Å². The lowest BCUT2D eigenvalue weighted by molar-refractivity contribution is 0.392. The van der Waals surface area contributed by atoms with Crippen molar-refractivity contribution in [3.05, 3.63) is 45.5 Å². The summed E-state index contributed by atoms with van der Waals surface area (Å²) in [6.07, 6.45) is 0.575. The molecule has 0 aliphatic heterocycles. The van der Waals surface area contributed by atoms with E-state index in [1.54, 1.807) is 24.3 Å². The van der Waals surface area contributed by atoms with Crippen molar-refractivity contribution in [1.29, 1.82) is 0 Å². The molecule has 0 radical (unpaired) electrons. The zero-order chi connectivity index (χ0) is 14.9. The van der Waals surface area contributed by atoms with Crippen molar-refractivity contribution < 1.29 is 5.11 Å². The lowest BCUT2D eigenvalue weighted by atomic mass is 9.92. The van der Waals surface area contributed by atoms with Gasteiger partial charge in [-0.15, -0.1) is 0 Å². The van der Waals surface area contributed by atoms with E-state index >= 15 is 0 Å². The standard InChI is InChI=1S/C15H17ClN2O2/c1-15(2,3)8-11-17-13(19)12(14(20)18-11)9-5-4-6-10(16)7-9/h4-7H,8H2,1-3H3,(H2,17,18,19,20). The molecule has 0 amide bonds. The first-order valence-corrected chi connectivity index (χ1v) is 6.72. The predicted octanol–water partition coefficient (Wildman–Crippen LogP) is 3.38. The van der Waals surface area contributed by atoms with Gasteiger partial charge in [0.25, 0.3) is 5.56 Å². The number of H-pyrrole nitrogens is 1. The number of aromatic nitrogens is 2.